The fraction of sp³-hybridized carbons (Fsp3) is 0.300. The summed E-state index contributed by atoms with van der Waals surface area (Å²) >= 11 is 6.04. The van der Waals surface area contributed by atoms with Gasteiger partial charge in [-0.3, -0.25) is 9.36 Å². The lowest BCUT2D eigenvalue weighted by Crippen LogP contribution is -2.41. The zero-order valence-electron chi connectivity index (χ0n) is 22.6. The SMILES string of the molecule is COc1cc(C(=O)NC(C)(C)c2cccc(C(F)(F)F)c2)ccc1Cn1nc(-c2ccc(Cl)cc2)n(C2CC2)c1=O. The molecule has 0 radical (unpaired) electrons. The van der Waals surface area contributed by atoms with Gasteiger partial charge in [-0.1, -0.05) is 29.8 Å². The Hall–Kier alpha value is -4.05. The van der Waals surface area contributed by atoms with Crippen LogP contribution in [0.25, 0.3) is 11.4 Å². The average molecular weight is 585 g/mol. The standard InChI is InChI=1S/C30H28ClF3N4O3/c1-29(2,21-5-4-6-22(16-21)30(32,33)34)35-27(39)19-7-8-20(25(15-19)41-3)17-37-28(40)38(24-13-14-24)26(36-37)18-9-11-23(31)12-10-18/h4-12,15-16,24H,13-14,17H2,1-3H3,(H,35,39). The van der Waals surface area contributed by atoms with Crippen LogP contribution in [0.2, 0.25) is 5.02 Å². The number of hydrogen-bond acceptors (Lipinski definition) is 4. The molecule has 0 atom stereocenters. The van der Waals surface area contributed by atoms with Gasteiger partial charge in [0.05, 0.1) is 24.8 Å². The molecule has 7 nitrogen and oxygen atoms in total. The first-order valence-electron chi connectivity index (χ1n) is 13.0. The normalized spacial score (nSPS) is 13.7. The minimum absolute atomic E-state index is 0.0927. The Morgan fingerprint density at radius 1 is 1.05 bits per heavy atom. The molecule has 0 saturated heterocycles. The fourth-order valence-corrected chi connectivity index (χ4v) is 4.80. The number of aromatic nitrogens is 3. The summed E-state index contributed by atoms with van der Waals surface area (Å²) in [5.74, 6) is 0.439. The van der Waals surface area contributed by atoms with Crippen LogP contribution >= 0.6 is 11.6 Å². The Morgan fingerprint density at radius 2 is 1.73 bits per heavy atom. The van der Waals surface area contributed by atoms with Gasteiger partial charge in [-0.05, 0) is 80.8 Å². The third kappa shape index (κ3) is 6.02. The smallest absolute Gasteiger partial charge is 0.416 e. The lowest BCUT2D eigenvalue weighted by molar-refractivity contribution is -0.137. The highest BCUT2D eigenvalue weighted by atomic mass is 35.5. The van der Waals surface area contributed by atoms with E-state index in [-0.39, 0.29) is 23.8 Å². The molecule has 3 aromatic carbocycles. The van der Waals surface area contributed by atoms with Crippen LogP contribution < -0.4 is 15.7 Å². The molecule has 4 aromatic rings. The Labute approximate surface area is 239 Å². The molecular weight excluding hydrogens is 557 g/mol. The lowest BCUT2D eigenvalue weighted by Gasteiger charge is -2.28. The van der Waals surface area contributed by atoms with Gasteiger partial charge in [0.1, 0.15) is 5.75 Å². The predicted molar refractivity (Wildman–Crippen MR) is 149 cm³/mol. The van der Waals surface area contributed by atoms with E-state index in [0.717, 1.165) is 30.5 Å². The number of nitrogens with one attached hydrogen (secondary N) is 1. The molecule has 1 N–H and O–H groups in total. The topological polar surface area (TPSA) is 78.2 Å². The van der Waals surface area contributed by atoms with Crippen LogP contribution in [-0.4, -0.2) is 27.4 Å². The van der Waals surface area contributed by atoms with E-state index in [1.165, 1.54) is 30.0 Å². The molecule has 1 amide bonds. The maximum Gasteiger partial charge on any atom is 0.416 e. The molecule has 1 aromatic heterocycles. The molecule has 5 rings (SSSR count). The molecule has 1 aliphatic carbocycles. The number of rotatable bonds is 8. The van der Waals surface area contributed by atoms with Crippen LogP contribution in [0, 0.1) is 0 Å². The maximum atomic E-state index is 13.3. The van der Waals surface area contributed by atoms with E-state index in [0.29, 0.717) is 27.7 Å². The summed E-state index contributed by atoms with van der Waals surface area (Å²) in [4.78, 5) is 26.5. The highest BCUT2D eigenvalue weighted by Gasteiger charge is 2.33. The minimum atomic E-state index is -4.49. The van der Waals surface area contributed by atoms with Gasteiger partial charge in [-0.15, -0.1) is 5.10 Å². The highest BCUT2D eigenvalue weighted by Crippen LogP contribution is 2.37. The predicted octanol–water partition coefficient (Wildman–Crippen LogP) is 6.44. The Morgan fingerprint density at radius 3 is 2.37 bits per heavy atom. The van der Waals surface area contributed by atoms with E-state index in [2.05, 4.69) is 10.4 Å². The molecule has 11 heteroatoms. The van der Waals surface area contributed by atoms with Crippen molar-refractivity contribution in [2.24, 2.45) is 0 Å². The summed E-state index contributed by atoms with van der Waals surface area (Å²) in [5, 5.41) is 8.01. The van der Waals surface area contributed by atoms with Crippen LogP contribution in [0.5, 0.6) is 5.75 Å². The lowest BCUT2D eigenvalue weighted by atomic mass is 9.92. The number of alkyl halides is 3. The molecule has 1 saturated carbocycles. The van der Waals surface area contributed by atoms with Gasteiger partial charge < -0.3 is 10.1 Å². The molecule has 0 unspecified atom stereocenters. The zero-order valence-corrected chi connectivity index (χ0v) is 23.4. The van der Waals surface area contributed by atoms with Gasteiger partial charge in [0.2, 0.25) is 0 Å². The number of nitrogens with zero attached hydrogens (tertiary/aromatic N) is 3. The molecule has 1 heterocycles. The third-order valence-electron chi connectivity index (χ3n) is 7.09. The number of ether oxygens (including phenoxy) is 1. The van der Waals surface area contributed by atoms with Crippen molar-refractivity contribution in [1.82, 2.24) is 19.7 Å². The fourth-order valence-electron chi connectivity index (χ4n) is 4.67. The van der Waals surface area contributed by atoms with Crippen molar-refractivity contribution in [3.63, 3.8) is 0 Å². The van der Waals surface area contributed by atoms with E-state index < -0.39 is 23.2 Å². The van der Waals surface area contributed by atoms with Crippen LogP contribution in [0.3, 0.4) is 0 Å². The Kier molecular flexibility index (Phi) is 7.46. The summed E-state index contributed by atoms with van der Waals surface area (Å²) in [6, 6.07) is 16.9. The summed E-state index contributed by atoms with van der Waals surface area (Å²) < 4.78 is 48.3. The molecule has 0 aliphatic heterocycles. The number of carbonyl (C=O) groups is 1. The first-order valence-corrected chi connectivity index (χ1v) is 13.4. The third-order valence-corrected chi connectivity index (χ3v) is 7.34. The summed E-state index contributed by atoms with van der Waals surface area (Å²) in [6.45, 7) is 3.37. The van der Waals surface area contributed by atoms with Gasteiger partial charge in [-0.25, -0.2) is 9.48 Å². The molecule has 1 aliphatic rings. The molecule has 214 valence electrons. The van der Waals surface area contributed by atoms with E-state index in [1.54, 1.807) is 42.7 Å². The Balaban J connectivity index is 1.39. The average Bonchev–Trinajstić information content (AvgIpc) is 3.72. The first kappa shape index (κ1) is 28.5. The number of hydrogen-bond donors (Lipinski definition) is 1. The largest absolute Gasteiger partial charge is 0.496 e. The van der Waals surface area contributed by atoms with Crippen LogP contribution in [0.1, 0.15) is 59.8 Å². The van der Waals surface area contributed by atoms with Crippen LogP contribution in [-0.2, 0) is 18.3 Å². The van der Waals surface area contributed by atoms with Crippen molar-refractivity contribution in [2.75, 3.05) is 7.11 Å². The minimum Gasteiger partial charge on any atom is -0.496 e. The quantitative estimate of drug-likeness (QED) is 0.258. The zero-order chi connectivity index (χ0) is 29.5. The van der Waals surface area contributed by atoms with Crippen molar-refractivity contribution >= 4 is 17.5 Å². The van der Waals surface area contributed by atoms with Gasteiger partial charge in [0, 0.05) is 27.8 Å². The van der Waals surface area contributed by atoms with Gasteiger partial charge >= 0.3 is 11.9 Å². The summed E-state index contributed by atoms with van der Waals surface area (Å²) in [6.07, 6.45) is -2.70. The first-order chi connectivity index (χ1) is 19.4. The maximum absolute atomic E-state index is 13.3. The monoisotopic (exact) mass is 584 g/mol. The van der Waals surface area contributed by atoms with Crippen molar-refractivity contribution in [2.45, 2.75) is 51.0 Å². The summed E-state index contributed by atoms with van der Waals surface area (Å²) in [5.41, 5.74) is -0.155. The second-order valence-corrected chi connectivity index (χ2v) is 11.0. The molecule has 0 spiro atoms. The van der Waals surface area contributed by atoms with Crippen molar-refractivity contribution in [3.05, 3.63) is 104 Å². The van der Waals surface area contributed by atoms with Crippen LogP contribution in [0.15, 0.2) is 71.5 Å². The second-order valence-electron chi connectivity index (χ2n) is 10.6. The highest BCUT2D eigenvalue weighted by molar-refractivity contribution is 6.30. The van der Waals surface area contributed by atoms with Crippen LogP contribution in [0.4, 0.5) is 13.2 Å². The molecular formula is C30H28ClF3N4O3. The number of methoxy groups -OCH3 is 1. The second kappa shape index (κ2) is 10.7. The number of carbonyl (C=O) groups excluding carboxylic acids is 1. The Bertz CT molecular complexity index is 1650. The number of benzene rings is 3. The van der Waals surface area contributed by atoms with Crippen molar-refractivity contribution in [3.8, 4) is 17.1 Å². The van der Waals surface area contributed by atoms with Crippen molar-refractivity contribution < 1.29 is 22.7 Å². The number of amides is 1. The van der Waals surface area contributed by atoms with E-state index >= 15 is 0 Å². The summed E-state index contributed by atoms with van der Waals surface area (Å²) in [7, 11) is 1.46. The van der Waals surface area contributed by atoms with E-state index in [1.807, 2.05) is 12.1 Å². The van der Waals surface area contributed by atoms with Gasteiger partial charge in [-0.2, -0.15) is 13.2 Å². The van der Waals surface area contributed by atoms with Crippen molar-refractivity contribution in [1.29, 1.82) is 0 Å². The van der Waals surface area contributed by atoms with Gasteiger partial charge in [0.25, 0.3) is 5.91 Å². The molecule has 41 heavy (non-hydrogen) atoms. The van der Waals surface area contributed by atoms with E-state index in [9.17, 15) is 22.8 Å². The molecule has 1 fully saturated rings. The van der Waals surface area contributed by atoms with Gasteiger partial charge in [0.15, 0.2) is 5.82 Å². The van der Waals surface area contributed by atoms with E-state index in [4.69, 9.17) is 16.3 Å². The number of halogens is 4. The molecule has 0 bridgehead atoms.